The first-order valence-corrected chi connectivity index (χ1v) is 10.9. The van der Waals surface area contributed by atoms with E-state index in [2.05, 4.69) is 0 Å². The van der Waals surface area contributed by atoms with Gasteiger partial charge in [0, 0.05) is 35.8 Å². The molecule has 1 amide bonds. The first-order chi connectivity index (χ1) is 13.4. The minimum absolute atomic E-state index is 0.00113. The summed E-state index contributed by atoms with van der Waals surface area (Å²) in [5.74, 6) is 0.208. The van der Waals surface area contributed by atoms with Gasteiger partial charge in [-0.15, -0.1) is 0 Å². The van der Waals surface area contributed by atoms with Crippen LogP contribution in [-0.4, -0.2) is 44.1 Å². The number of amides is 1. The van der Waals surface area contributed by atoms with Gasteiger partial charge in [0.2, 0.25) is 9.84 Å². The third kappa shape index (κ3) is 2.39. The van der Waals surface area contributed by atoms with E-state index in [1.54, 1.807) is 23.1 Å². The predicted molar refractivity (Wildman–Crippen MR) is 102 cm³/mol. The van der Waals surface area contributed by atoms with Crippen molar-refractivity contribution in [1.29, 1.82) is 0 Å². The van der Waals surface area contributed by atoms with E-state index in [4.69, 9.17) is 5.73 Å². The highest BCUT2D eigenvalue weighted by atomic mass is 32.2. The van der Waals surface area contributed by atoms with Crippen LogP contribution in [0, 0.1) is 11.8 Å². The third-order valence-corrected chi connectivity index (χ3v) is 8.24. The molecule has 6 nitrogen and oxygen atoms in total. The summed E-state index contributed by atoms with van der Waals surface area (Å²) in [5.41, 5.74) is 6.75. The second-order valence-electron chi connectivity index (χ2n) is 7.91. The van der Waals surface area contributed by atoms with Crippen LogP contribution < -0.4 is 5.73 Å². The van der Waals surface area contributed by atoms with Crippen molar-refractivity contribution in [2.24, 2.45) is 17.6 Å². The molecule has 2 aliphatic heterocycles. The van der Waals surface area contributed by atoms with Gasteiger partial charge < -0.3 is 10.6 Å². The van der Waals surface area contributed by atoms with E-state index in [1.165, 1.54) is 24.3 Å². The number of carbonyl (C=O) groups excluding carboxylic acids is 2. The van der Waals surface area contributed by atoms with Crippen LogP contribution in [0.2, 0.25) is 0 Å². The Morgan fingerprint density at radius 1 is 1.00 bits per heavy atom. The molecule has 0 bridgehead atoms. The number of rotatable bonds is 1. The zero-order valence-electron chi connectivity index (χ0n) is 15.2. The van der Waals surface area contributed by atoms with E-state index < -0.39 is 9.84 Å². The number of carbonyl (C=O) groups is 2. The largest absolute Gasteiger partial charge is 0.338 e. The van der Waals surface area contributed by atoms with Gasteiger partial charge in [-0.1, -0.05) is 12.1 Å². The summed E-state index contributed by atoms with van der Waals surface area (Å²) in [6, 6.07) is 10.7. The average molecular weight is 396 g/mol. The molecule has 2 fully saturated rings. The number of nitrogens with zero attached hydrogens (tertiary/aromatic N) is 1. The predicted octanol–water partition coefficient (Wildman–Crippen LogP) is 1.87. The molecular weight excluding hydrogens is 376 g/mol. The van der Waals surface area contributed by atoms with E-state index in [1.807, 2.05) is 0 Å². The highest BCUT2D eigenvalue weighted by Gasteiger charge is 2.43. The Labute approximate surface area is 163 Å². The molecule has 7 heteroatoms. The molecule has 144 valence electrons. The van der Waals surface area contributed by atoms with E-state index in [0.717, 1.165) is 12.8 Å². The summed E-state index contributed by atoms with van der Waals surface area (Å²) < 4.78 is 26.1. The second kappa shape index (κ2) is 5.99. The standard InChI is InChI=1S/C21H20N2O4S/c22-17-8-6-13-10-23(11-16(13)17)21(25)12-5-7-15-19(9-12)28(26,27)18-4-2-1-3-14(18)20(15)24/h1-5,7,9,13,16-17H,6,8,10-11,22H2. The lowest BCUT2D eigenvalue weighted by Crippen LogP contribution is -2.33. The summed E-state index contributed by atoms with van der Waals surface area (Å²) in [5, 5.41) is 0. The highest BCUT2D eigenvalue weighted by molar-refractivity contribution is 7.91. The van der Waals surface area contributed by atoms with Gasteiger partial charge >= 0.3 is 0 Å². The molecular formula is C21H20N2O4S. The van der Waals surface area contributed by atoms with Crippen molar-refractivity contribution in [2.45, 2.75) is 28.7 Å². The molecule has 2 aromatic rings. The maximum absolute atomic E-state index is 13.0. The van der Waals surface area contributed by atoms with E-state index >= 15 is 0 Å². The number of hydrogen-bond acceptors (Lipinski definition) is 5. The maximum atomic E-state index is 13.0. The number of benzene rings is 2. The smallest absolute Gasteiger partial charge is 0.253 e. The van der Waals surface area contributed by atoms with Crippen molar-refractivity contribution < 1.29 is 18.0 Å². The molecule has 2 N–H and O–H groups in total. The SMILES string of the molecule is NC1CCC2CN(C(=O)c3ccc4c(c3)S(=O)(=O)c3ccccc3C4=O)CC12. The van der Waals surface area contributed by atoms with E-state index in [-0.39, 0.29) is 38.7 Å². The normalized spacial score (nSPS) is 27.2. The Morgan fingerprint density at radius 3 is 2.54 bits per heavy atom. The van der Waals surface area contributed by atoms with Gasteiger partial charge in [-0.2, -0.15) is 0 Å². The lowest BCUT2D eigenvalue weighted by molar-refractivity contribution is 0.0778. The molecule has 0 spiro atoms. The summed E-state index contributed by atoms with van der Waals surface area (Å²) in [6.45, 7) is 1.26. The van der Waals surface area contributed by atoms with Gasteiger partial charge in [0.15, 0.2) is 5.78 Å². The Bertz CT molecular complexity index is 1120. The molecule has 3 atom stereocenters. The summed E-state index contributed by atoms with van der Waals surface area (Å²) in [7, 11) is -3.85. The van der Waals surface area contributed by atoms with Gasteiger partial charge in [0.05, 0.1) is 9.79 Å². The quantitative estimate of drug-likeness (QED) is 0.677. The van der Waals surface area contributed by atoms with Crippen LogP contribution in [0.4, 0.5) is 0 Å². The summed E-state index contributed by atoms with van der Waals surface area (Å²) in [6.07, 6.45) is 2.02. The fraction of sp³-hybridized carbons (Fsp3) is 0.333. The first kappa shape index (κ1) is 17.6. The van der Waals surface area contributed by atoms with Crippen LogP contribution in [0.3, 0.4) is 0 Å². The van der Waals surface area contributed by atoms with Gasteiger partial charge in [-0.3, -0.25) is 9.59 Å². The minimum atomic E-state index is -3.85. The van der Waals surface area contributed by atoms with Crippen LogP contribution >= 0.6 is 0 Å². The van der Waals surface area contributed by atoms with E-state index in [9.17, 15) is 18.0 Å². The third-order valence-electron chi connectivity index (χ3n) is 6.38. The van der Waals surface area contributed by atoms with Gasteiger partial charge in [0.1, 0.15) is 0 Å². The van der Waals surface area contributed by atoms with Gasteiger partial charge in [-0.05, 0) is 55.0 Å². The molecule has 1 saturated heterocycles. The van der Waals surface area contributed by atoms with Crippen molar-refractivity contribution in [3.8, 4) is 0 Å². The van der Waals surface area contributed by atoms with E-state index in [0.29, 0.717) is 30.5 Å². The minimum Gasteiger partial charge on any atom is -0.338 e. The molecule has 0 aromatic heterocycles. The maximum Gasteiger partial charge on any atom is 0.253 e. The average Bonchev–Trinajstić information content (AvgIpc) is 3.28. The van der Waals surface area contributed by atoms with Crippen molar-refractivity contribution in [2.75, 3.05) is 13.1 Å². The van der Waals surface area contributed by atoms with Gasteiger partial charge in [0.25, 0.3) is 5.91 Å². The van der Waals surface area contributed by atoms with Crippen LogP contribution in [0.25, 0.3) is 0 Å². The fourth-order valence-corrected chi connectivity index (χ4v) is 6.55. The van der Waals surface area contributed by atoms with Crippen LogP contribution in [-0.2, 0) is 9.84 Å². The van der Waals surface area contributed by atoms with Crippen molar-refractivity contribution >= 4 is 21.5 Å². The molecule has 2 heterocycles. The van der Waals surface area contributed by atoms with Crippen molar-refractivity contribution in [3.63, 3.8) is 0 Å². The Morgan fingerprint density at radius 2 is 1.75 bits per heavy atom. The molecule has 5 rings (SSSR count). The molecule has 3 unspecified atom stereocenters. The zero-order valence-corrected chi connectivity index (χ0v) is 16.0. The number of ketones is 1. The summed E-state index contributed by atoms with van der Waals surface area (Å²) in [4.78, 5) is 27.4. The number of sulfone groups is 1. The molecule has 0 radical (unpaired) electrons. The fourth-order valence-electron chi connectivity index (χ4n) is 4.87. The lowest BCUT2D eigenvalue weighted by atomic mass is 9.98. The lowest BCUT2D eigenvalue weighted by Gasteiger charge is -2.22. The number of fused-ring (bicyclic) bond motifs is 3. The zero-order chi connectivity index (χ0) is 19.6. The Hall–Kier alpha value is -2.51. The van der Waals surface area contributed by atoms with Crippen LogP contribution in [0.1, 0.15) is 39.1 Å². The van der Waals surface area contributed by atoms with Crippen molar-refractivity contribution in [3.05, 3.63) is 59.2 Å². The summed E-state index contributed by atoms with van der Waals surface area (Å²) >= 11 is 0. The van der Waals surface area contributed by atoms with Crippen molar-refractivity contribution in [1.82, 2.24) is 4.90 Å². The molecule has 1 saturated carbocycles. The van der Waals surface area contributed by atoms with Gasteiger partial charge in [-0.25, -0.2) is 8.42 Å². The van der Waals surface area contributed by atoms with Crippen LogP contribution in [0.5, 0.6) is 0 Å². The second-order valence-corrected chi connectivity index (χ2v) is 9.80. The van der Waals surface area contributed by atoms with Crippen LogP contribution in [0.15, 0.2) is 52.3 Å². The monoisotopic (exact) mass is 396 g/mol. The topological polar surface area (TPSA) is 97.5 Å². The molecule has 1 aliphatic carbocycles. The highest BCUT2D eigenvalue weighted by Crippen LogP contribution is 2.38. The number of likely N-dealkylation sites (tertiary alicyclic amines) is 1. The molecule has 28 heavy (non-hydrogen) atoms. The Balaban J connectivity index is 1.52. The first-order valence-electron chi connectivity index (χ1n) is 9.45. The number of nitrogens with two attached hydrogens (primary N) is 1. The number of hydrogen-bond donors (Lipinski definition) is 1. The molecule has 3 aliphatic rings. The molecule has 2 aromatic carbocycles. The Kier molecular flexibility index (Phi) is 3.76.